The maximum Gasteiger partial charge on any atom is 0.0450 e. The maximum absolute atomic E-state index is 6.13. The van der Waals surface area contributed by atoms with Crippen molar-refractivity contribution in [2.24, 2.45) is 5.73 Å². The highest BCUT2D eigenvalue weighted by Gasteiger charge is 2.08. The van der Waals surface area contributed by atoms with Gasteiger partial charge < -0.3 is 11.1 Å². The third kappa shape index (κ3) is 4.31. The summed E-state index contributed by atoms with van der Waals surface area (Å²) in [7, 11) is 0. The van der Waals surface area contributed by atoms with E-state index in [9.17, 15) is 0 Å². The third-order valence-electron chi connectivity index (χ3n) is 3.03. The van der Waals surface area contributed by atoms with Crippen molar-refractivity contribution in [2.75, 3.05) is 6.54 Å². The van der Waals surface area contributed by atoms with Crippen molar-refractivity contribution in [3.05, 3.63) is 64.9 Å². The minimum absolute atomic E-state index is 0.223. The van der Waals surface area contributed by atoms with Crippen molar-refractivity contribution in [2.45, 2.75) is 19.0 Å². The summed E-state index contributed by atoms with van der Waals surface area (Å²) in [6.07, 6.45) is 4.52. The molecule has 0 bridgehead atoms. The second-order valence-electron chi connectivity index (χ2n) is 4.47. The molecule has 1 unspecified atom stereocenters. The number of pyridine rings is 1. The van der Waals surface area contributed by atoms with Crippen LogP contribution in [0, 0.1) is 0 Å². The van der Waals surface area contributed by atoms with Crippen molar-refractivity contribution in [3.63, 3.8) is 0 Å². The van der Waals surface area contributed by atoms with E-state index in [-0.39, 0.29) is 6.04 Å². The molecule has 1 aromatic heterocycles. The van der Waals surface area contributed by atoms with E-state index in [1.165, 1.54) is 5.56 Å². The Balaban J connectivity index is 1.91. The fraction of sp³-hybridized carbons (Fsp3) is 0.267. The van der Waals surface area contributed by atoms with Crippen LogP contribution < -0.4 is 11.1 Å². The summed E-state index contributed by atoms with van der Waals surface area (Å²) in [5.74, 6) is 0. The van der Waals surface area contributed by atoms with Gasteiger partial charge in [0, 0.05) is 36.5 Å². The number of aromatic nitrogens is 1. The van der Waals surface area contributed by atoms with Crippen LogP contribution in [0.3, 0.4) is 0 Å². The van der Waals surface area contributed by atoms with Crippen LogP contribution in [0.15, 0.2) is 48.8 Å². The molecule has 0 saturated carbocycles. The smallest absolute Gasteiger partial charge is 0.0450 e. The van der Waals surface area contributed by atoms with E-state index in [2.05, 4.69) is 16.4 Å². The zero-order valence-electron chi connectivity index (χ0n) is 10.7. The van der Waals surface area contributed by atoms with E-state index in [1.807, 2.05) is 36.5 Å². The van der Waals surface area contributed by atoms with Gasteiger partial charge in [0.15, 0.2) is 0 Å². The highest BCUT2D eigenvalue weighted by Crippen LogP contribution is 2.14. The van der Waals surface area contributed by atoms with Crippen molar-refractivity contribution in [1.82, 2.24) is 10.3 Å². The molecule has 2 aromatic rings. The molecule has 4 heteroatoms. The van der Waals surface area contributed by atoms with Crippen LogP contribution in [0.1, 0.15) is 11.1 Å². The molecule has 0 amide bonds. The monoisotopic (exact) mass is 275 g/mol. The first kappa shape index (κ1) is 14.0. The first-order valence-corrected chi connectivity index (χ1v) is 6.73. The number of nitrogens with two attached hydrogens (primary N) is 1. The predicted molar refractivity (Wildman–Crippen MR) is 79.1 cm³/mol. The molecular formula is C15H18ClN3. The summed E-state index contributed by atoms with van der Waals surface area (Å²) in [6, 6.07) is 12.1. The number of halogens is 1. The van der Waals surface area contributed by atoms with Gasteiger partial charge in [0.05, 0.1) is 0 Å². The fourth-order valence-corrected chi connectivity index (χ4v) is 2.14. The zero-order chi connectivity index (χ0) is 13.5. The standard InChI is InChI=1S/C15H18ClN3/c16-15-6-2-1-5-13(15)11-19-14(9-17)8-12-4-3-7-18-10-12/h1-7,10,14,19H,8-9,11,17H2. The highest BCUT2D eigenvalue weighted by molar-refractivity contribution is 6.31. The van der Waals surface area contributed by atoms with Crippen LogP contribution in [0.5, 0.6) is 0 Å². The molecule has 0 radical (unpaired) electrons. The average molecular weight is 276 g/mol. The SMILES string of the molecule is NCC(Cc1cccnc1)NCc1ccccc1Cl. The Hall–Kier alpha value is -1.42. The van der Waals surface area contributed by atoms with Gasteiger partial charge in [-0.25, -0.2) is 0 Å². The summed E-state index contributed by atoms with van der Waals surface area (Å²) in [5.41, 5.74) is 8.08. The first-order valence-electron chi connectivity index (χ1n) is 6.35. The fourth-order valence-electron chi connectivity index (χ4n) is 1.94. The van der Waals surface area contributed by atoms with Gasteiger partial charge in [-0.15, -0.1) is 0 Å². The van der Waals surface area contributed by atoms with E-state index in [0.29, 0.717) is 6.54 Å². The Morgan fingerprint density at radius 2 is 2.05 bits per heavy atom. The second-order valence-corrected chi connectivity index (χ2v) is 4.88. The van der Waals surface area contributed by atoms with E-state index >= 15 is 0 Å². The number of hydrogen-bond acceptors (Lipinski definition) is 3. The van der Waals surface area contributed by atoms with Crippen LogP contribution in [-0.2, 0) is 13.0 Å². The molecule has 100 valence electrons. The summed E-state index contributed by atoms with van der Waals surface area (Å²) >= 11 is 6.13. The Bertz CT molecular complexity index is 502. The first-order chi connectivity index (χ1) is 9.29. The van der Waals surface area contributed by atoms with Gasteiger partial charge in [-0.1, -0.05) is 35.9 Å². The van der Waals surface area contributed by atoms with Crippen molar-refractivity contribution >= 4 is 11.6 Å². The third-order valence-corrected chi connectivity index (χ3v) is 3.40. The molecule has 0 aliphatic carbocycles. The Labute approximate surface area is 118 Å². The molecule has 3 nitrogen and oxygen atoms in total. The Morgan fingerprint density at radius 3 is 2.74 bits per heavy atom. The molecule has 0 saturated heterocycles. The number of benzene rings is 1. The van der Waals surface area contributed by atoms with E-state index in [1.54, 1.807) is 6.20 Å². The normalized spacial score (nSPS) is 12.3. The topological polar surface area (TPSA) is 50.9 Å². The van der Waals surface area contributed by atoms with Crippen LogP contribution in [0.25, 0.3) is 0 Å². The maximum atomic E-state index is 6.13. The largest absolute Gasteiger partial charge is 0.329 e. The van der Waals surface area contributed by atoms with Gasteiger partial charge in [0.1, 0.15) is 0 Å². The second kappa shape index (κ2) is 7.24. The molecule has 3 N–H and O–H groups in total. The lowest BCUT2D eigenvalue weighted by Gasteiger charge is -2.17. The molecule has 0 aliphatic heterocycles. The van der Waals surface area contributed by atoms with Gasteiger partial charge in [0.25, 0.3) is 0 Å². The summed E-state index contributed by atoms with van der Waals surface area (Å²) in [6.45, 7) is 1.31. The minimum atomic E-state index is 0.223. The van der Waals surface area contributed by atoms with E-state index in [4.69, 9.17) is 17.3 Å². The van der Waals surface area contributed by atoms with Gasteiger partial charge in [-0.2, -0.15) is 0 Å². The van der Waals surface area contributed by atoms with Gasteiger partial charge in [-0.05, 0) is 29.7 Å². The highest BCUT2D eigenvalue weighted by atomic mass is 35.5. The van der Waals surface area contributed by atoms with Gasteiger partial charge in [0.2, 0.25) is 0 Å². The molecule has 0 aliphatic rings. The molecule has 0 spiro atoms. The summed E-state index contributed by atoms with van der Waals surface area (Å²) < 4.78 is 0. The van der Waals surface area contributed by atoms with Gasteiger partial charge in [-0.3, -0.25) is 4.98 Å². The minimum Gasteiger partial charge on any atom is -0.329 e. The predicted octanol–water partition coefficient (Wildman–Crippen LogP) is 2.39. The Kier molecular flexibility index (Phi) is 5.33. The van der Waals surface area contributed by atoms with Crippen LogP contribution in [-0.4, -0.2) is 17.6 Å². The molecule has 2 rings (SSSR count). The number of rotatable bonds is 6. The van der Waals surface area contributed by atoms with Gasteiger partial charge >= 0.3 is 0 Å². The quantitative estimate of drug-likeness (QED) is 0.851. The lowest BCUT2D eigenvalue weighted by Crippen LogP contribution is -2.37. The molecule has 1 heterocycles. The zero-order valence-corrected chi connectivity index (χ0v) is 11.5. The van der Waals surface area contributed by atoms with Crippen molar-refractivity contribution < 1.29 is 0 Å². The van der Waals surface area contributed by atoms with Crippen LogP contribution in [0.2, 0.25) is 5.02 Å². The van der Waals surface area contributed by atoms with Crippen molar-refractivity contribution in [1.29, 1.82) is 0 Å². The van der Waals surface area contributed by atoms with E-state index < -0.39 is 0 Å². The molecule has 1 atom stereocenters. The lowest BCUT2D eigenvalue weighted by molar-refractivity contribution is 0.515. The number of nitrogens with one attached hydrogen (secondary N) is 1. The van der Waals surface area contributed by atoms with Crippen LogP contribution >= 0.6 is 11.6 Å². The average Bonchev–Trinajstić information content (AvgIpc) is 2.46. The molecular weight excluding hydrogens is 258 g/mol. The number of hydrogen-bond donors (Lipinski definition) is 2. The number of nitrogens with zero attached hydrogens (tertiary/aromatic N) is 1. The lowest BCUT2D eigenvalue weighted by atomic mass is 10.1. The molecule has 19 heavy (non-hydrogen) atoms. The molecule has 0 fully saturated rings. The Morgan fingerprint density at radius 1 is 1.21 bits per heavy atom. The summed E-state index contributed by atoms with van der Waals surface area (Å²) in [4.78, 5) is 4.11. The van der Waals surface area contributed by atoms with Crippen molar-refractivity contribution in [3.8, 4) is 0 Å². The van der Waals surface area contributed by atoms with E-state index in [0.717, 1.165) is 23.6 Å². The summed E-state index contributed by atoms with van der Waals surface area (Å²) in [5, 5.41) is 4.22. The molecule has 1 aromatic carbocycles. The van der Waals surface area contributed by atoms with Crippen LogP contribution in [0.4, 0.5) is 0 Å².